The molecule has 0 N–H and O–H groups in total. The molecule has 1 aliphatic heterocycles. The second-order valence-electron chi connectivity index (χ2n) is 4.28. The Bertz CT molecular complexity index is 174. The molecule has 0 saturated carbocycles. The van der Waals surface area contributed by atoms with Gasteiger partial charge in [0, 0.05) is 0 Å². The molecule has 13 heavy (non-hydrogen) atoms. The summed E-state index contributed by atoms with van der Waals surface area (Å²) in [7, 11) is 0. The molecule has 1 heterocycles. The van der Waals surface area contributed by atoms with Gasteiger partial charge in [0.15, 0.2) is 0 Å². The van der Waals surface area contributed by atoms with E-state index in [0.29, 0.717) is 21.2 Å². The van der Waals surface area contributed by atoms with Crippen LogP contribution < -0.4 is 21.2 Å². The number of rotatable bonds is 3. The maximum absolute atomic E-state index is 4.18. The second kappa shape index (κ2) is 5.38. The van der Waals surface area contributed by atoms with Gasteiger partial charge in [-0.15, -0.1) is 0 Å². The molecular formula is C12H22I-. The third-order valence-electron chi connectivity index (χ3n) is 3.33. The van der Waals surface area contributed by atoms with Gasteiger partial charge >= 0.3 is 93.6 Å². The molecule has 1 heteroatoms. The van der Waals surface area contributed by atoms with Gasteiger partial charge in [-0.2, -0.15) is 0 Å². The van der Waals surface area contributed by atoms with E-state index in [4.69, 9.17) is 0 Å². The Balaban J connectivity index is 2.45. The molecule has 3 atom stereocenters. The van der Waals surface area contributed by atoms with E-state index >= 15 is 0 Å². The van der Waals surface area contributed by atoms with Gasteiger partial charge in [0.1, 0.15) is 0 Å². The molecule has 78 valence electrons. The van der Waals surface area contributed by atoms with Gasteiger partial charge in [0.2, 0.25) is 0 Å². The fourth-order valence-electron chi connectivity index (χ4n) is 1.89. The summed E-state index contributed by atoms with van der Waals surface area (Å²) in [5.41, 5.74) is 0. The van der Waals surface area contributed by atoms with Crippen molar-refractivity contribution in [3.05, 3.63) is 10.2 Å². The molecule has 0 amide bonds. The van der Waals surface area contributed by atoms with Crippen molar-refractivity contribution in [2.75, 3.05) is 0 Å². The Kier molecular flexibility index (Phi) is 4.77. The monoisotopic (exact) mass is 293 g/mol. The Morgan fingerprint density at radius 2 is 2.23 bits per heavy atom. The molecule has 0 radical (unpaired) electrons. The van der Waals surface area contributed by atoms with E-state index in [0.717, 1.165) is 15.8 Å². The van der Waals surface area contributed by atoms with Crippen LogP contribution in [0.3, 0.4) is 0 Å². The molecule has 1 unspecified atom stereocenters. The topological polar surface area (TPSA) is 0 Å². The fourth-order valence-corrected chi connectivity index (χ4v) is 5.74. The van der Waals surface area contributed by atoms with Crippen LogP contribution in [-0.2, 0) is 0 Å². The summed E-state index contributed by atoms with van der Waals surface area (Å²) in [6.45, 7) is 11.4. The standard InChI is InChI=1S/C12H22I/c1-5-9(2)11(4)12-8-6-7-10(3)13-12/h9,11-12H,3,5-8H2,1-2,4H3/q-1/t9-,11+,12?/m0/s1. The molecule has 1 saturated heterocycles. The Morgan fingerprint density at radius 1 is 1.54 bits per heavy atom. The molecule has 0 aromatic carbocycles. The third kappa shape index (κ3) is 3.26. The number of hydrogen-bond acceptors (Lipinski definition) is 0. The van der Waals surface area contributed by atoms with E-state index in [-0.39, 0.29) is 0 Å². The van der Waals surface area contributed by atoms with Crippen LogP contribution in [0.1, 0.15) is 46.5 Å². The van der Waals surface area contributed by atoms with Crippen LogP contribution in [0.15, 0.2) is 10.2 Å². The average Bonchev–Trinajstić information content (AvgIpc) is 2.15. The van der Waals surface area contributed by atoms with Crippen molar-refractivity contribution in [3.63, 3.8) is 0 Å². The molecule has 0 aromatic heterocycles. The van der Waals surface area contributed by atoms with Gasteiger partial charge in [0.05, 0.1) is 0 Å². The van der Waals surface area contributed by atoms with Crippen molar-refractivity contribution in [2.45, 2.75) is 50.4 Å². The Hall–Kier alpha value is 0.470. The summed E-state index contributed by atoms with van der Waals surface area (Å²) >= 11 is 0.312. The number of hydrogen-bond donors (Lipinski definition) is 0. The van der Waals surface area contributed by atoms with Crippen LogP contribution in [0.5, 0.6) is 0 Å². The minimum absolute atomic E-state index is 0.312. The summed E-state index contributed by atoms with van der Waals surface area (Å²) in [4.78, 5) is 0. The van der Waals surface area contributed by atoms with E-state index < -0.39 is 0 Å². The zero-order valence-corrected chi connectivity index (χ0v) is 11.3. The first kappa shape index (κ1) is 11.5. The van der Waals surface area contributed by atoms with Gasteiger partial charge < -0.3 is 0 Å². The maximum atomic E-state index is 4.18. The summed E-state index contributed by atoms with van der Waals surface area (Å²) < 4.78 is 2.64. The van der Waals surface area contributed by atoms with E-state index in [1.54, 1.807) is 3.58 Å². The second-order valence-corrected chi connectivity index (χ2v) is 8.03. The van der Waals surface area contributed by atoms with Crippen molar-refractivity contribution in [3.8, 4) is 0 Å². The van der Waals surface area contributed by atoms with Gasteiger partial charge in [-0.05, 0) is 0 Å². The zero-order chi connectivity index (χ0) is 9.84. The molecule has 0 aromatic rings. The van der Waals surface area contributed by atoms with Crippen molar-refractivity contribution in [2.24, 2.45) is 11.8 Å². The number of alkyl halides is 1. The van der Waals surface area contributed by atoms with E-state index in [2.05, 4.69) is 27.4 Å². The Labute approximate surface area is 93.4 Å². The SMILES string of the molecule is C=C1CCCC([C@H](C)[C@@H](C)CC)[I-]1. The average molecular weight is 293 g/mol. The zero-order valence-electron chi connectivity index (χ0n) is 9.15. The Morgan fingerprint density at radius 3 is 2.77 bits per heavy atom. The van der Waals surface area contributed by atoms with Gasteiger partial charge in [-0.3, -0.25) is 0 Å². The van der Waals surface area contributed by atoms with Crippen LogP contribution in [0.4, 0.5) is 0 Å². The van der Waals surface area contributed by atoms with Crippen molar-refractivity contribution >= 4 is 0 Å². The predicted molar refractivity (Wildman–Crippen MR) is 55.4 cm³/mol. The summed E-state index contributed by atoms with van der Waals surface area (Å²) in [5.74, 6) is 1.85. The number of halogens is 1. The van der Waals surface area contributed by atoms with Crippen LogP contribution in [-0.4, -0.2) is 3.92 Å². The molecule has 0 aliphatic carbocycles. The molecule has 0 bridgehead atoms. The first-order valence-corrected chi connectivity index (χ1v) is 7.78. The van der Waals surface area contributed by atoms with Crippen LogP contribution in [0.2, 0.25) is 0 Å². The first-order chi connectivity index (χ1) is 6.15. The molecule has 0 spiro atoms. The van der Waals surface area contributed by atoms with Crippen molar-refractivity contribution < 1.29 is 21.2 Å². The summed E-state index contributed by atoms with van der Waals surface area (Å²) in [5, 5.41) is 0. The first-order valence-electron chi connectivity index (χ1n) is 5.46. The molecule has 1 fully saturated rings. The van der Waals surface area contributed by atoms with Crippen LogP contribution in [0, 0.1) is 11.8 Å². The van der Waals surface area contributed by atoms with Crippen LogP contribution in [0.25, 0.3) is 0 Å². The third-order valence-corrected chi connectivity index (χ3v) is 7.31. The molecular weight excluding hydrogens is 271 g/mol. The van der Waals surface area contributed by atoms with Crippen molar-refractivity contribution in [1.29, 1.82) is 0 Å². The van der Waals surface area contributed by atoms with Gasteiger partial charge in [-0.25, -0.2) is 0 Å². The van der Waals surface area contributed by atoms with Crippen molar-refractivity contribution in [1.82, 2.24) is 0 Å². The molecule has 1 aliphatic rings. The summed E-state index contributed by atoms with van der Waals surface area (Å²) in [6.07, 6.45) is 5.56. The quantitative estimate of drug-likeness (QED) is 0.534. The fraction of sp³-hybridized carbons (Fsp3) is 0.833. The van der Waals surface area contributed by atoms with E-state index in [1.807, 2.05) is 0 Å². The molecule has 0 nitrogen and oxygen atoms in total. The normalized spacial score (nSPS) is 29.2. The summed E-state index contributed by atoms with van der Waals surface area (Å²) in [6, 6.07) is 0. The predicted octanol–water partition coefficient (Wildman–Crippen LogP) is 0.824. The van der Waals surface area contributed by atoms with Gasteiger partial charge in [-0.1, -0.05) is 0 Å². The minimum atomic E-state index is 0.312. The number of allylic oxidation sites excluding steroid dienone is 1. The van der Waals surface area contributed by atoms with Crippen LogP contribution >= 0.6 is 0 Å². The van der Waals surface area contributed by atoms with Gasteiger partial charge in [0.25, 0.3) is 0 Å². The van der Waals surface area contributed by atoms with E-state index in [1.165, 1.54) is 25.7 Å². The molecule has 1 rings (SSSR count). The van der Waals surface area contributed by atoms with E-state index in [9.17, 15) is 0 Å².